The summed E-state index contributed by atoms with van der Waals surface area (Å²) in [5.74, 6) is -0.203. The molecule has 0 saturated heterocycles. The zero-order valence-corrected chi connectivity index (χ0v) is 16.4. The number of hydrogen-bond acceptors (Lipinski definition) is 5. The summed E-state index contributed by atoms with van der Waals surface area (Å²) in [5, 5.41) is 3.67. The van der Waals surface area contributed by atoms with Crippen LogP contribution in [0.2, 0.25) is 0 Å². The van der Waals surface area contributed by atoms with E-state index in [-0.39, 0.29) is 27.9 Å². The molecule has 0 saturated carbocycles. The van der Waals surface area contributed by atoms with E-state index in [2.05, 4.69) is 5.32 Å². The van der Waals surface area contributed by atoms with Crippen molar-refractivity contribution in [2.24, 2.45) is 0 Å². The smallest absolute Gasteiger partial charge is 0.278 e. The highest BCUT2D eigenvalue weighted by Crippen LogP contribution is 2.44. The number of amides is 1. The maximum atomic E-state index is 13.2. The van der Waals surface area contributed by atoms with Crippen LogP contribution in [0.3, 0.4) is 0 Å². The Morgan fingerprint density at radius 2 is 1.64 bits per heavy atom. The molecule has 0 atom stereocenters. The Balaban J connectivity index is 1.81. The number of carbonyl (C=O) groups is 1. The third-order valence-electron chi connectivity index (χ3n) is 4.52. The Bertz CT molecular complexity index is 1310. The molecule has 1 aliphatic rings. The van der Waals surface area contributed by atoms with E-state index >= 15 is 0 Å². The monoisotopic (exact) mass is 416 g/mol. The fourth-order valence-electron chi connectivity index (χ4n) is 3.23. The van der Waals surface area contributed by atoms with Crippen molar-refractivity contribution < 1.29 is 21.6 Å². The van der Waals surface area contributed by atoms with Crippen molar-refractivity contribution >= 4 is 42.4 Å². The van der Waals surface area contributed by atoms with Gasteiger partial charge in [-0.25, -0.2) is 8.42 Å². The SMILES string of the molecule is CC(=O)NCc1ccc(S(=O)(=O)N2c3cccc4cccc(c34)S2(=O)=O)cc1. The molecule has 28 heavy (non-hydrogen) atoms. The number of rotatable bonds is 4. The fourth-order valence-corrected chi connectivity index (χ4v) is 7.17. The van der Waals surface area contributed by atoms with Gasteiger partial charge in [-0.2, -0.15) is 12.1 Å². The standard InChI is InChI=1S/C19H16N2O5S2/c1-13(22)20-12-14-8-10-16(11-9-14)27(23,24)21-17-6-2-4-15-5-3-7-18(19(15)17)28(21,25)26/h2-11H,12H2,1H3,(H,20,22). The Morgan fingerprint density at radius 3 is 2.29 bits per heavy atom. The van der Waals surface area contributed by atoms with Gasteiger partial charge in [0.1, 0.15) is 0 Å². The predicted molar refractivity (Wildman–Crippen MR) is 105 cm³/mol. The summed E-state index contributed by atoms with van der Waals surface area (Å²) >= 11 is 0. The lowest BCUT2D eigenvalue weighted by molar-refractivity contribution is -0.119. The van der Waals surface area contributed by atoms with E-state index in [9.17, 15) is 21.6 Å². The van der Waals surface area contributed by atoms with Gasteiger partial charge < -0.3 is 5.32 Å². The summed E-state index contributed by atoms with van der Waals surface area (Å²) in [5.41, 5.74) is 0.819. The van der Waals surface area contributed by atoms with Gasteiger partial charge in [-0.05, 0) is 35.2 Å². The van der Waals surface area contributed by atoms with Crippen LogP contribution in [0.5, 0.6) is 0 Å². The molecule has 9 heteroatoms. The summed E-state index contributed by atoms with van der Waals surface area (Å²) in [7, 11) is -8.60. The minimum absolute atomic E-state index is 0.0218. The van der Waals surface area contributed by atoms with Crippen LogP contribution in [0.1, 0.15) is 12.5 Å². The molecule has 3 aromatic rings. The third-order valence-corrected chi connectivity index (χ3v) is 8.73. The van der Waals surface area contributed by atoms with E-state index in [0.717, 1.165) is 0 Å². The van der Waals surface area contributed by atoms with Crippen LogP contribution in [-0.2, 0) is 31.4 Å². The molecule has 144 valence electrons. The fraction of sp³-hybridized carbons (Fsp3) is 0.105. The van der Waals surface area contributed by atoms with E-state index < -0.39 is 20.0 Å². The Kier molecular flexibility index (Phi) is 4.16. The highest BCUT2D eigenvalue weighted by atomic mass is 32.3. The Labute approximate surface area is 162 Å². The average molecular weight is 416 g/mol. The first-order valence-corrected chi connectivity index (χ1v) is 11.3. The van der Waals surface area contributed by atoms with Gasteiger partial charge in [-0.15, -0.1) is 0 Å². The van der Waals surface area contributed by atoms with Gasteiger partial charge in [0.25, 0.3) is 20.0 Å². The predicted octanol–water partition coefficient (Wildman–Crippen LogP) is 2.37. The number of nitrogens with one attached hydrogen (secondary N) is 1. The van der Waals surface area contributed by atoms with Gasteiger partial charge in [-0.1, -0.05) is 36.4 Å². The Morgan fingerprint density at radius 1 is 1.00 bits per heavy atom. The van der Waals surface area contributed by atoms with Crippen molar-refractivity contribution in [3.8, 4) is 0 Å². The first kappa shape index (κ1) is 18.5. The Hall–Kier alpha value is -2.91. The van der Waals surface area contributed by atoms with Crippen molar-refractivity contribution in [2.45, 2.75) is 23.3 Å². The third kappa shape index (κ3) is 2.74. The quantitative estimate of drug-likeness (QED) is 0.704. The second-order valence-electron chi connectivity index (χ2n) is 6.39. The minimum Gasteiger partial charge on any atom is -0.352 e. The molecule has 1 aliphatic heterocycles. The molecule has 0 spiro atoms. The van der Waals surface area contributed by atoms with E-state index in [0.29, 0.717) is 20.0 Å². The molecule has 0 aromatic heterocycles. The van der Waals surface area contributed by atoms with Crippen molar-refractivity contribution in [1.29, 1.82) is 0 Å². The van der Waals surface area contributed by atoms with E-state index in [1.807, 2.05) is 0 Å². The van der Waals surface area contributed by atoms with Crippen LogP contribution in [0.4, 0.5) is 5.69 Å². The molecule has 1 N–H and O–H groups in total. The first-order chi connectivity index (χ1) is 13.2. The van der Waals surface area contributed by atoms with Crippen LogP contribution in [-0.4, -0.2) is 22.7 Å². The minimum atomic E-state index is -4.35. The van der Waals surface area contributed by atoms with Crippen LogP contribution in [0.15, 0.2) is 70.5 Å². The zero-order valence-electron chi connectivity index (χ0n) is 14.8. The van der Waals surface area contributed by atoms with Gasteiger partial charge in [0.05, 0.1) is 15.5 Å². The van der Waals surface area contributed by atoms with Gasteiger partial charge >= 0.3 is 0 Å². The number of sulfonamides is 2. The van der Waals surface area contributed by atoms with Gasteiger partial charge in [-0.3, -0.25) is 4.79 Å². The van der Waals surface area contributed by atoms with E-state index in [1.165, 1.54) is 31.2 Å². The summed E-state index contributed by atoms with van der Waals surface area (Å²) in [4.78, 5) is 10.8. The lowest BCUT2D eigenvalue weighted by Gasteiger charge is -2.19. The molecule has 0 aliphatic carbocycles. The molecule has 4 rings (SSSR count). The second kappa shape index (κ2) is 6.32. The summed E-state index contributed by atoms with van der Waals surface area (Å²) in [6.45, 7) is 1.64. The summed E-state index contributed by atoms with van der Waals surface area (Å²) < 4.78 is 53.0. The number of carbonyl (C=O) groups excluding carboxylic acids is 1. The van der Waals surface area contributed by atoms with Crippen LogP contribution in [0.25, 0.3) is 10.8 Å². The highest BCUT2D eigenvalue weighted by Gasteiger charge is 2.43. The van der Waals surface area contributed by atoms with Gasteiger partial charge in [0.15, 0.2) is 0 Å². The maximum absolute atomic E-state index is 13.2. The molecular weight excluding hydrogens is 400 g/mol. The molecule has 0 bridgehead atoms. The van der Waals surface area contributed by atoms with E-state index in [4.69, 9.17) is 0 Å². The number of anilines is 1. The van der Waals surface area contributed by atoms with Crippen LogP contribution >= 0.6 is 0 Å². The molecule has 0 radical (unpaired) electrons. The van der Waals surface area contributed by atoms with Crippen molar-refractivity contribution in [3.63, 3.8) is 0 Å². The zero-order chi connectivity index (χ0) is 20.1. The first-order valence-electron chi connectivity index (χ1n) is 8.38. The molecule has 3 aromatic carbocycles. The van der Waals surface area contributed by atoms with Gasteiger partial charge in [0.2, 0.25) is 5.91 Å². The number of hydrogen-bond donors (Lipinski definition) is 1. The lowest BCUT2D eigenvalue weighted by atomic mass is 10.1. The normalized spacial score (nSPS) is 15.0. The van der Waals surface area contributed by atoms with E-state index in [1.54, 1.807) is 36.4 Å². The number of benzene rings is 3. The topological polar surface area (TPSA) is 101 Å². The lowest BCUT2D eigenvalue weighted by Crippen LogP contribution is -2.34. The molecule has 0 unspecified atom stereocenters. The van der Waals surface area contributed by atoms with Crippen molar-refractivity contribution in [1.82, 2.24) is 5.32 Å². The number of nitrogens with zero attached hydrogens (tertiary/aromatic N) is 1. The molecule has 1 heterocycles. The average Bonchev–Trinajstić information content (AvgIpc) is 2.90. The van der Waals surface area contributed by atoms with Crippen LogP contribution in [0, 0.1) is 0 Å². The second-order valence-corrected chi connectivity index (χ2v) is 10.2. The van der Waals surface area contributed by atoms with Gasteiger partial charge in [0, 0.05) is 18.9 Å². The molecular formula is C19H16N2O5S2. The summed E-state index contributed by atoms with van der Waals surface area (Å²) in [6, 6.07) is 15.4. The maximum Gasteiger partial charge on any atom is 0.278 e. The molecule has 0 fully saturated rings. The molecule has 1 amide bonds. The summed E-state index contributed by atoms with van der Waals surface area (Å²) in [6.07, 6.45) is 0. The highest BCUT2D eigenvalue weighted by molar-refractivity contribution is 8.10. The van der Waals surface area contributed by atoms with Crippen molar-refractivity contribution in [3.05, 3.63) is 66.2 Å². The van der Waals surface area contributed by atoms with Crippen molar-refractivity contribution in [2.75, 3.05) is 3.71 Å². The molecule has 7 nitrogen and oxygen atoms in total. The largest absolute Gasteiger partial charge is 0.352 e. The van der Waals surface area contributed by atoms with Crippen LogP contribution < -0.4 is 9.03 Å².